The molecule has 3 rings (SSSR count). The maximum absolute atomic E-state index is 5.98. The van der Waals surface area contributed by atoms with Crippen molar-refractivity contribution in [3.63, 3.8) is 0 Å². The average Bonchev–Trinajstić information content (AvgIpc) is 2.66. The first kappa shape index (κ1) is 12.4. The van der Waals surface area contributed by atoms with Crippen LogP contribution in [0.5, 0.6) is 0 Å². The number of hydrogen-bond donors (Lipinski definition) is 0. The lowest BCUT2D eigenvalue weighted by Gasteiger charge is -2.35. The van der Waals surface area contributed by atoms with Gasteiger partial charge in [0.15, 0.2) is 5.65 Å². The van der Waals surface area contributed by atoms with Gasteiger partial charge in [-0.05, 0) is 34.8 Å². The lowest BCUT2D eigenvalue weighted by atomic mass is 9.89. The molecule has 0 aliphatic heterocycles. The molecule has 2 aromatic rings. The summed E-state index contributed by atoms with van der Waals surface area (Å²) in [4.78, 5) is 9.00. The fraction of sp³-hybridized carbons (Fsp3) is 0.500. The molecule has 18 heavy (non-hydrogen) atoms. The van der Waals surface area contributed by atoms with Crippen LogP contribution in [-0.4, -0.2) is 27.7 Å². The van der Waals surface area contributed by atoms with Gasteiger partial charge in [0, 0.05) is 23.8 Å². The molecule has 6 heteroatoms. The largest absolute Gasteiger partial charge is 0.381 e. The van der Waals surface area contributed by atoms with E-state index in [0.717, 1.165) is 34.3 Å². The number of aromatic nitrogens is 3. The number of methoxy groups -OCH3 is 1. The van der Waals surface area contributed by atoms with Gasteiger partial charge >= 0.3 is 0 Å². The van der Waals surface area contributed by atoms with Crippen LogP contribution < -0.4 is 0 Å². The van der Waals surface area contributed by atoms with Gasteiger partial charge in [-0.1, -0.05) is 0 Å². The van der Waals surface area contributed by atoms with Crippen LogP contribution in [0.2, 0.25) is 0 Å². The molecule has 0 bridgehead atoms. The van der Waals surface area contributed by atoms with Crippen LogP contribution in [0.25, 0.3) is 11.2 Å². The molecule has 0 radical (unpaired) electrons. The number of nitrogens with zero attached hydrogens (tertiary/aromatic N) is 3. The van der Waals surface area contributed by atoms with Gasteiger partial charge < -0.3 is 9.30 Å². The highest BCUT2D eigenvalue weighted by molar-refractivity contribution is 9.10. The summed E-state index contributed by atoms with van der Waals surface area (Å²) in [5, 5.41) is 0. The van der Waals surface area contributed by atoms with Crippen molar-refractivity contribution in [1.29, 1.82) is 0 Å². The van der Waals surface area contributed by atoms with Gasteiger partial charge in [-0.3, -0.25) is 0 Å². The molecule has 1 saturated carbocycles. The quantitative estimate of drug-likeness (QED) is 0.811. The molecule has 4 nitrogen and oxygen atoms in total. The summed E-state index contributed by atoms with van der Waals surface area (Å²) in [7, 11) is 1.75. The normalized spacial score (nSPS) is 23.3. The molecule has 1 aliphatic carbocycles. The number of fused-ring (bicyclic) bond motifs is 1. The van der Waals surface area contributed by atoms with Gasteiger partial charge in [0.05, 0.1) is 12.0 Å². The minimum absolute atomic E-state index is 0.353. The van der Waals surface area contributed by atoms with Crippen molar-refractivity contribution in [3.05, 3.63) is 22.6 Å². The maximum Gasteiger partial charge on any atom is 0.160 e. The number of alkyl halides is 1. The summed E-state index contributed by atoms with van der Waals surface area (Å²) < 4.78 is 8.42. The van der Waals surface area contributed by atoms with E-state index in [0.29, 0.717) is 18.0 Å². The van der Waals surface area contributed by atoms with Crippen molar-refractivity contribution in [2.75, 3.05) is 7.11 Å². The Labute approximate surface area is 118 Å². The third-order valence-electron chi connectivity index (χ3n) is 3.46. The zero-order valence-electron chi connectivity index (χ0n) is 9.94. The molecule has 0 N–H and O–H groups in total. The van der Waals surface area contributed by atoms with Gasteiger partial charge in [-0.25, -0.2) is 9.97 Å². The monoisotopic (exact) mass is 329 g/mol. The summed E-state index contributed by atoms with van der Waals surface area (Å²) in [6.45, 7) is 0. The Morgan fingerprint density at radius 1 is 1.56 bits per heavy atom. The Morgan fingerprint density at radius 2 is 2.33 bits per heavy atom. The first-order chi connectivity index (χ1) is 8.72. The Hall–Kier alpha value is -0.650. The number of imidazole rings is 1. The van der Waals surface area contributed by atoms with Gasteiger partial charge in [-0.15, -0.1) is 11.6 Å². The molecule has 0 spiro atoms. The minimum atomic E-state index is 0.353. The Morgan fingerprint density at radius 3 is 3.00 bits per heavy atom. The fourth-order valence-corrected chi connectivity index (χ4v) is 2.93. The molecule has 0 amide bonds. The number of ether oxygens (including phenoxy) is 1. The predicted molar refractivity (Wildman–Crippen MR) is 73.9 cm³/mol. The van der Waals surface area contributed by atoms with Crippen LogP contribution in [0, 0.1) is 0 Å². The molecule has 0 aromatic carbocycles. The standard InChI is InChI=1S/C12H13BrClN3O/c1-18-9-3-8(4-9)17-11(5-14)16-10-2-7(13)6-15-12(10)17/h2,6,8-9H,3-5H2,1H3. The summed E-state index contributed by atoms with van der Waals surface area (Å²) in [6, 6.07) is 2.38. The van der Waals surface area contributed by atoms with E-state index in [2.05, 4.69) is 30.5 Å². The molecule has 1 fully saturated rings. The molecular weight excluding hydrogens is 318 g/mol. The second-order valence-corrected chi connectivity index (χ2v) is 5.69. The molecule has 0 unspecified atom stereocenters. The van der Waals surface area contributed by atoms with E-state index in [4.69, 9.17) is 16.3 Å². The van der Waals surface area contributed by atoms with E-state index in [1.54, 1.807) is 13.3 Å². The van der Waals surface area contributed by atoms with Gasteiger partial charge in [-0.2, -0.15) is 0 Å². The average molecular weight is 331 g/mol. The topological polar surface area (TPSA) is 39.9 Å². The lowest BCUT2D eigenvalue weighted by molar-refractivity contribution is 0.00660. The smallest absolute Gasteiger partial charge is 0.160 e. The maximum atomic E-state index is 5.98. The molecule has 2 aromatic heterocycles. The number of halogens is 2. The zero-order valence-corrected chi connectivity index (χ0v) is 12.3. The molecule has 96 valence electrons. The summed E-state index contributed by atoms with van der Waals surface area (Å²) in [5.74, 6) is 1.29. The Balaban J connectivity index is 2.04. The van der Waals surface area contributed by atoms with Crippen molar-refractivity contribution in [1.82, 2.24) is 14.5 Å². The number of pyridine rings is 1. The summed E-state index contributed by atoms with van der Waals surface area (Å²) in [5.41, 5.74) is 1.80. The summed E-state index contributed by atoms with van der Waals surface area (Å²) in [6.07, 6.45) is 4.16. The highest BCUT2D eigenvalue weighted by atomic mass is 79.9. The van der Waals surface area contributed by atoms with E-state index in [-0.39, 0.29) is 0 Å². The van der Waals surface area contributed by atoms with Crippen molar-refractivity contribution >= 4 is 38.7 Å². The second-order valence-electron chi connectivity index (χ2n) is 4.51. The van der Waals surface area contributed by atoms with Crippen LogP contribution in [0.3, 0.4) is 0 Å². The minimum Gasteiger partial charge on any atom is -0.381 e. The molecule has 0 atom stereocenters. The summed E-state index contributed by atoms with van der Waals surface area (Å²) >= 11 is 9.40. The Bertz CT molecular complexity index is 580. The second kappa shape index (κ2) is 4.79. The van der Waals surface area contributed by atoms with Gasteiger partial charge in [0.1, 0.15) is 11.3 Å². The first-order valence-corrected chi connectivity index (χ1v) is 7.16. The van der Waals surface area contributed by atoms with E-state index in [1.165, 1.54) is 0 Å². The van der Waals surface area contributed by atoms with E-state index in [1.807, 2.05) is 6.07 Å². The zero-order chi connectivity index (χ0) is 12.7. The van der Waals surface area contributed by atoms with Crippen molar-refractivity contribution in [3.8, 4) is 0 Å². The molecular formula is C12H13BrClN3O. The van der Waals surface area contributed by atoms with Crippen LogP contribution >= 0.6 is 27.5 Å². The van der Waals surface area contributed by atoms with E-state index in [9.17, 15) is 0 Å². The molecule has 0 saturated heterocycles. The molecule has 1 aliphatic rings. The van der Waals surface area contributed by atoms with Crippen molar-refractivity contribution in [2.45, 2.75) is 30.9 Å². The van der Waals surface area contributed by atoms with E-state index >= 15 is 0 Å². The predicted octanol–water partition coefficient (Wildman–Crippen LogP) is 3.28. The van der Waals surface area contributed by atoms with Crippen LogP contribution in [0.15, 0.2) is 16.7 Å². The molecule has 2 heterocycles. The SMILES string of the molecule is COC1CC(n2c(CCl)nc3cc(Br)cnc32)C1. The fourth-order valence-electron chi connectivity index (χ4n) is 2.42. The van der Waals surface area contributed by atoms with Gasteiger partial charge in [0.2, 0.25) is 0 Å². The van der Waals surface area contributed by atoms with Crippen LogP contribution in [0.4, 0.5) is 0 Å². The first-order valence-electron chi connectivity index (χ1n) is 5.84. The third-order valence-corrected chi connectivity index (χ3v) is 4.13. The van der Waals surface area contributed by atoms with Crippen molar-refractivity contribution in [2.24, 2.45) is 0 Å². The Kier molecular flexibility index (Phi) is 3.30. The number of rotatable bonds is 3. The highest BCUT2D eigenvalue weighted by Crippen LogP contribution is 2.37. The van der Waals surface area contributed by atoms with E-state index < -0.39 is 0 Å². The third kappa shape index (κ3) is 1.94. The van der Waals surface area contributed by atoms with Crippen LogP contribution in [0.1, 0.15) is 24.7 Å². The van der Waals surface area contributed by atoms with Gasteiger partial charge in [0.25, 0.3) is 0 Å². The van der Waals surface area contributed by atoms with Crippen molar-refractivity contribution < 1.29 is 4.74 Å². The number of hydrogen-bond acceptors (Lipinski definition) is 3. The highest BCUT2D eigenvalue weighted by Gasteiger charge is 2.33. The lowest BCUT2D eigenvalue weighted by Crippen LogP contribution is -2.33. The van der Waals surface area contributed by atoms with Crippen LogP contribution in [-0.2, 0) is 10.6 Å².